The number of nitrogens with zero attached hydrogens (tertiary/aromatic N) is 3. The molecule has 0 unspecified atom stereocenters. The zero-order chi connectivity index (χ0) is 27.5. The molecule has 0 saturated carbocycles. The van der Waals surface area contributed by atoms with Crippen LogP contribution in [0.5, 0.6) is 0 Å². The molecule has 2 aromatic heterocycles. The number of benzene rings is 2. The molecular weight excluding hydrogens is 510 g/mol. The predicted octanol–water partition coefficient (Wildman–Crippen LogP) is 7.64. The number of carboxylic acid groups (broad SMARTS) is 1. The Morgan fingerprint density at radius 3 is 2.31 bits per heavy atom. The van der Waals surface area contributed by atoms with Crippen LogP contribution in [0.1, 0.15) is 81.7 Å². The molecule has 0 fully saturated rings. The number of fused-ring (bicyclic) bond motifs is 1. The Morgan fingerprint density at radius 2 is 1.54 bits per heavy atom. The molecule has 0 atom stereocenters. The standard InChI is InChI=1S/C31H37N3O4S/c1-2-3-4-5-6-7-8-9-10-19-28-32-29(38-33-28)26-17-12-11-15-23(26)20-34(30(35)31(36)37)21-24-22-39-27-18-14-13-16-25(24)27/h11-18,22H,2-10,19-21H2,1H3,(H,36,37). The fourth-order valence-corrected chi connectivity index (χ4v) is 5.78. The Hall–Kier alpha value is -3.52. The number of carboxylic acids is 1. The Labute approximate surface area is 233 Å². The van der Waals surface area contributed by atoms with E-state index >= 15 is 0 Å². The van der Waals surface area contributed by atoms with Gasteiger partial charge in [0.15, 0.2) is 5.82 Å². The molecule has 0 aliphatic heterocycles. The minimum Gasteiger partial charge on any atom is -0.474 e. The molecule has 7 nitrogen and oxygen atoms in total. The van der Waals surface area contributed by atoms with Crippen molar-refractivity contribution in [1.29, 1.82) is 0 Å². The van der Waals surface area contributed by atoms with Gasteiger partial charge < -0.3 is 14.5 Å². The first kappa shape index (κ1) is 28.5. The number of unbranched alkanes of at least 4 members (excludes halogenated alkanes) is 8. The summed E-state index contributed by atoms with van der Waals surface area (Å²) in [6.45, 7) is 2.55. The molecule has 2 aromatic carbocycles. The first-order chi connectivity index (χ1) is 19.1. The van der Waals surface area contributed by atoms with Crippen LogP contribution >= 0.6 is 11.3 Å². The van der Waals surface area contributed by atoms with E-state index in [1.165, 1.54) is 49.8 Å². The molecule has 0 spiro atoms. The average Bonchev–Trinajstić information content (AvgIpc) is 3.59. The largest absolute Gasteiger partial charge is 0.474 e. The summed E-state index contributed by atoms with van der Waals surface area (Å²) in [5, 5.41) is 16.7. The summed E-state index contributed by atoms with van der Waals surface area (Å²) in [6, 6.07) is 15.4. The third kappa shape index (κ3) is 7.99. The highest BCUT2D eigenvalue weighted by atomic mass is 32.1. The van der Waals surface area contributed by atoms with Crippen molar-refractivity contribution in [3.8, 4) is 11.5 Å². The van der Waals surface area contributed by atoms with Crippen LogP contribution in [0.25, 0.3) is 21.5 Å². The van der Waals surface area contributed by atoms with Gasteiger partial charge in [-0.15, -0.1) is 11.3 Å². The zero-order valence-electron chi connectivity index (χ0n) is 22.6. The molecule has 1 amide bonds. The van der Waals surface area contributed by atoms with Gasteiger partial charge in [-0.3, -0.25) is 4.79 Å². The normalized spacial score (nSPS) is 11.2. The minimum atomic E-state index is -1.48. The fourth-order valence-electron chi connectivity index (χ4n) is 4.83. The van der Waals surface area contributed by atoms with Crippen LogP contribution in [0.4, 0.5) is 0 Å². The summed E-state index contributed by atoms with van der Waals surface area (Å²) < 4.78 is 6.70. The van der Waals surface area contributed by atoms with Crippen molar-refractivity contribution in [2.75, 3.05) is 0 Å². The summed E-state index contributed by atoms with van der Waals surface area (Å²) >= 11 is 1.58. The van der Waals surface area contributed by atoms with Gasteiger partial charge in [-0.05, 0) is 40.4 Å². The molecule has 0 bridgehead atoms. The van der Waals surface area contributed by atoms with Gasteiger partial charge in [0.2, 0.25) is 0 Å². The Bertz CT molecular complexity index is 1360. The van der Waals surface area contributed by atoms with E-state index in [2.05, 4.69) is 17.1 Å². The van der Waals surface area contributed by atoms with E-state index in [1.54, 1.807) is 11.3 Å². The lowest BCUT2D eigenvalue weighted by atomic mass is 10.1. The number of aliphatic carboxylic acids is 1. The lowest BCUT2D eigenvalue weighted by Crippen LogP contribution is -2.35. The van der Waals surface area contributed by atoms with Gasteiger partial charge in [-0.1, -0.05) is 99.8 Å². The second-order valence-electron chi connectivity index (χ2n) is 9.97. The third-order valence-corrected chi connectivity index (χ3v) is 7.99. The van der Waals surface area contributed by atoms with Crippen LogP contribution in [-0.2, 0) is 29.1 Å². The summed E-state index contributed by atoms with van der Waals surface area (Å²) in [6.07, 6.45) is 12.0. The molecule has 1 N–H and O–H groups in total. The number of aryl methyl sites for hydroxylation is 1. The molecule has 4 rings (SSSR count). The molecular formula is C31H37N3O4S. The maximum atomic E-state index is 12.7. The highest BCUT2D eigenvalue weighted by Crippen LogP contribution is 2.29. The fraction of sp³-hybridized carbons (Fsp3) is 0.419. The maximum Gasteiger partial charge on any atom is 0.394 e. The van der Waals surface area contributed by atoms with Crippen LogP contribution in [0.3, 0.4) is 0 Å². The SMILES string of the molecule is CCCCCCCCCCCc1noc(-c2ccccc2CN(Cc2csc3ccccc23)C(=O)C(=O)O)n1. The third-order valence-electron chi connectivity index (χ3n) is 6.97. The van der Waals surface area contributed by atoms with Crippen molar-refractivity contribution in [3.05, 3.63) is 70.9 Å². The maximum absolute atomic E-state index is 12.7. The molecule has 0 aliphatic carbocycles. The summed E-state index contributed by atoms with van der Waals surface area (Å²) in [4.78, 5) is 30.3. The topological polar surface area (TPSA) is 96.5 Å². The number of hydrogen-bond donors (Lipinski definition) is 1. The number of rotatable bonds is 15. The van der Waals surface area contributed by atoms with Crippen LogP contribution in [0, 0.1) is 0 Å². The van der Waals surface area contributed by atoms with Gasteiger partial charge in [0.1, 0.15) is 0 Å². The molecule has 39 heavy (non-hydrogen) atoms. The molecule has 2 heterocycles. The number of thiophene rings is 1. The Kier molecular flexibility index (Phi) is 10.7. The van der Waals surface area contributed by atoms with E-state index in [1.807, 2.05) is 53.9 Å². The number of amides is 1. The smallest absolute Gasteiger partial charge is 0.394 e. The van der Waals surface area contributed by atoms with Crippen LogP contribution in [-0.4, -0.2) is 32.0 Å². The second-order valence-corrected chi connectivity index (χ2v) is 10.9. The minimum absolute atomic E-state index is 0.113. The summed E-state index contributed by atoms with van der Waals surface area (Å²) in [7, 11) is 0. The Morgan fingerprint density at radius 1 is 0.872 bits per heavy atom. The summed E-state index contributed by atoms with van der Waals surface area (Å²) in [5.74, 6) is -1.36. The highest BCUT2D eigenvalue weighted by molar-refractivity contribution is 7.17. The van der Waals surface area contributed by atoms with Crippen molar-refractivity contribution >= 4 is 33.3 Å². The van der Waals surface area contributed by atoms with Crippen LogP contribution in [0.15, 0.2) is 58.4 Å². The van der Waals surface area contributed by atoms with Gasteiger partial charge in [-0.25, -0.2) is 4.79 Å². The van der Waals surface area contributed by atoms with Crippen LogP contribution in [0.2, 0.25) is 0 Å². The molecule has 0 radical (unpaired) electrons. The number of carbonyl (C=O) groups excluding carboxylic acids is 1. The zero-order valence-corrected chi connectivity index (χ0v) is 23.4. The van der Waals surface area contributed by atoms with Gasteiger partial charge in [0, 0.05) is 29.8 Å². The van der Waals surface area contributed by atoms with Crippen LogP contribution < -0.4 is 0 Å². The van der Waals surface area contributed by atoms with E-state index in [9.17, 15) is 14.7 Å². The molecule has 8 heteroatoms. The van der Waals surface area contributed by atoms with E-state index in [-0.39, 0.29) is 13.1 Å². The van der Waals surface area contributed by atoms with E-state index in [0.717, 1.165) is 40.5 Å². The first-order valence-corrected chi connectivity index (χ1v) is 14.8. The number of carbonyl (C=O) groups is 2. The first-order valence-electron chi connectivity index (χ1n) is 13.9. The average molecular weight is 548 g/mol. The van der Waals surface area contributed by atoms with Crippen molar-refractivity contribution in [3.63, 3.8) is 0 Å². The quantitative estimate of drug-likeness (QED) is 0.121. The Balaban J connectivity index is 1.39. The lowest BCUT2D eigenvalue weighted by Gasteiger charge is -2.21. The number of aromatic nitrogens is 2. The molecule has 206 valence electrons. The second kappa shape index (κ2) is 14.6. The van der Waals surface area contributed by atoms with Crippen molar-refractivity contribution in [2.45, 2.75) is 84.2 Å². The van der Waals surface area contributed by atoms with Gasteiger partial charge in [0.25, 0.3) is 5.89 Å². The van der Waals surface area contributed by atoms with E-state index in [0.29, 0.717) is 17.3 Å². The van der Waals surface area contributed by atoms with Gasteiger partial charge >= 0.3 is 11.9 Å². The molecule has 0 aliphatic rings. The lowest BCUT2D eigenvalue weighted by molar-refractivity contribution is -0.156. The van der Waals surface area contributed by atoms with Crippen molar-refractivity contribution < 1.29 is 19.2 Å². The van der Waals surface area contributed by atoms with E-state index in [4.69, 9.17) is 4.52 Å². The van der Waals surface area contributed by atoms with E-state index < -0.39 is 11.9 Å². The van der Waals surface area contributed by atoms with Gasteiger partial charge in [0.05, 0.1) is 0 Å². The molecule has 4 aromatic rings. The molecule has 0 saturated heterocycles. The monoisotopic (exact) mass is 547 g/mol. The predicted molar refractivity (Wildman–Crippen MR) is 154 cm³/mol. The number of hydrogen-bond acceptors (Lipinski definition) is 6. The van der Waals surface area contributed by atoms with Gasteiger partial charge in [-0.2, -0.15) is 4.98 Å². The highest BCUT2D eigenvalue weighted by Gasteiger charge is 2.24. The summed E-state index contributed by atoms with van der Waals surface area (Å²) in [5.41, 5.74) is 2.38. The van der Waals surface area contributed by atoms with Crippen molar-refractivity contribution in [1.82, 2.24) is 15.0 Å². The van der Waals surface area contributed by atoms with Crippen molar-refractivity contribution in [2.24, 2.45) is 0 Å².